The lowest BCUT2D eigenvalue weighted by Crippen LogP contribution is -2.00. The molecule has 1 aromatic carbocycles. The first-order valence-corrected chi connectivity index (χ1v) is 5.69. The Morgan fingerprint density at radius 1 is 1.38 bits per heavy atom. The highest BCUT2D eigenvalue weighted by atomic mass is 127. The van der Waals surface area contributed by atoms with Crippen LogP contribution in [0.2, 0.25) is 0 Å². The number of alkyl halides is 1. The Morgan fingerprint density at radius 3 is 2.54 bits per heavy atom. The van der Waals surface area contributed by atoms with Gasteiger partial charge in [0.2, 0.25) is 0 Å². The first kappa shape index (κ1) is 10.7. The van der Waals surface area contributed by atoms with Gasteiger partial charge < -0.3 is 0 Å². The molecule has 1 atom stereocenters. The predicted molar refractivity (Wildman–Crippen MR) is 63.1 cm³/mol. The van der Waals surface area contributed by atoms with Gasteiger partial charge in [0.05, 0.1) is 0 Å². The van der Waals surface area contributed by atoms with Crippen molar-refractivity contribution < 1.29 is 4.79 Å². The minimum absolute atomic E-state index is 0.325. The summed E-state index contributed by atoms with van der Waals surface area (Å²) in [4.78, 5) is 11.2. The maximum atomic E-state index is 11.2. The quantitative estimate of drug-likeness (QED) is 0.612. The molecule has 0 amide bonds. The lowest BCUT2D eigenvalue weighted by molar-refractivity contribution is -0.118. The van der Waals surface area contributed by atoms with Crippen LogP contribution in [-0.4, -0.2) is 5.78 Å². The number of hydrogen-bond acceptors (Lipinski definition) is 1. The van der Waals surface area contributed by atoms with Crippen molar-refractivity contribution in [3.63, 3.8) is 0 Å². The van der Waals surface area contributed by atoms with E-state index in [-0.39, 0.29) is 0 Å². The van der Waals surface area contributed by atoms with Crippen LogP contribution in [0, 0.1) is 0 Å². The highest BCUT2D eigenvalue weighted by molar-refractivity contribution is 14.1. The maximum Gasteiger partial charge on any atom is 0.134 e. The number of carbonyl (C=O) groups excluding carboxylic acids is 1. The molecule has 0 aliphatic heterocycles. The second-order valence-corrected chi connectivity index (χ2v) is 4.48. The second-order valence-electron chi connectivity index (χ2n) is 2.97. The van der Waals surface area contributed by atoms with Crippen LogP contribution in [-0.2, 0) is 4.79 Å². The molecule has 0 aliphatic rings. The number of hydrogen-bond donors (Lipinski definition) is 0. The summed E-state index contributed by atoms with van der Waals surface area (Å²) in [5.74, 6) is 0.336. The Hall–Kier alpha value is -0.380. The third kappa shape index (κ3) is 3.46. The number of ketones is 1. The van der Waals surface area contributed by atoms with Gasteiger partial charge in [-0.2, -0.15) is 0 Å². The Labute approximate surface area is 92.7 Å². The third-order valence-electron chi connectivity index (χ3n) is 1.96. The smallest absolute Gasteiger partial charge is 0.134 e. The van der Waals surface area contributed by atoms with E-state index in [1.165, 1.54) is 5.56 Å². The van der Waals surface area contributed by atoms with E-state index in [2.05, 4.69) is 34.7 Å². The summed E-state index contributed by atoms with van der Waals surface area (Å²) >= 11 is 2.33. The summed E-state index contributed by atoms with van der Waals surface area (Å²) in [6.45, 7) is 1.91. The first-order valence-electron chi connectivity index (χ1n) is 4.44. The van der Waals surface area contributed by atoms with Crippen LogP contribution in [0.1, 0.15) is 29.3 Å². The number of rotatable bonds is 4. The Kier molecular flexibility index (Phi) is 4.42. The summed E-state index contributed by atoms with van der Waals surface area (Å²) in [5, 5.41) is 0. The van der Waals surface area contributed by atoms with Crippen molar-refractivity contribution in [2.24, 2.45) is 0 Å². The van der Waals surface area contributed by atoms with Crippen LogP contribution < -0.4 is 0 Å². The largest absolute Gasteiger partial charge is 0.300 e. The van der Waals surface area contributed by atoms with E-state index >= 15 is 0 Å². The molecular weight excluding hydrogens is 275 g/mol. The van der Waals surface area contributed by atoms with E-state index in [0.717, 1.165) is 0 Å². The highest BCUT2D eigenvalue weighted by Gasteiger charge is 2.10. The SMILES string of the molecule is CCC(=O)CC(I)c1ccccc1. The zero-order valence-electron chi connectivity index (χ0n) is 7.66. The van der Waals surface area contributed by atoms with E-state index in [1.54, 1.807) is 0 Å². The summed E-state index contributed by atoms with van der Waals surface area (Å²) in [6, 6.07) is 10.2. The molecule has 1 aromatic rings. The summed E-state index contributed by atoms with van der Waals surface area (Å²) in [5.41, 5.74) is 1.24. The van der Waals surface area contributed by atoms with Gasteiger partial charge in [0.15, 0.2) is 0 Å². The molecule has 0 fully saturated rings. The molecule has 1 unspecified atom stereocenters. The molecule has 0 N–H and O–H groups in total. The fraction of sp³-hybridized carbons (Fsp3) is 0.364. The second kappa shape index (κ2) is 5.37. The lowest BCUT2D eigenvalue weighted by atomic mass is 10.1. The van der Waals surface area contributed by atoms with Crippen molar-refractivity contribution in [2.45, 2.75) is 23.7 Å². The van der Waals surface area contributed by atoms with Gasteiger partial charge in [0, 0.05) is 16.8 Å². The molecular formula is C11H13IO. The first-order chi connectivity index (χ1) is 6.24. The predicted octanol–water partition coefficient (Wildman–Crippen LogP) is 3.53. The van der Waals surface area contributed by atoms with Crippen molar-refractivity contribution in [1.29, 1.82) is 0 Å². The van der Waals surface area contributed by atoms with Gasteiger partial charge in [-0.05, 0) is 5.56 Å². The Balaban J connectivity index is 2.59. The minimum Gasteiger partial charge on any atom is -0.300 e. The molecule has 1 rings (SSSR count). The molecule has 0 saturated carbocycles. The zero-order valence-corrected chi connectivity index (χ0v) is 9.82. The molecule has 0 spiro atoms. The van der Waals surface area contributed by atoms with Gasteiger partial charge in [0.1, 0.15) is 5.78 Å². The van der Waals surface area contributed by atoms with E-state index in [0.29, 0.717) is 22.5 Å². The van der Waals surface area contributed by atoms with Crippen LogP contribution in [0.5, 0.6) is 0 Å². The van der Waals surface area contributed by atoms with Crippen LogP contribution >= 0.6 is 22.6 Å². The van der Waals surface area contributed by atoms with E-state index in [1.807, 2.05) is 25.1 Å². The molecule has 0 radical (unpaired) electrons. The molecule has 0 bridgehead atoms. The van der Waals surface area contributed by atoms with Crippen molar-refractivity contribution in [1.82, 2.24) is 0 Å². The van der Waals surface area contributed by atoms with Gasteiger partial charge >= 0.3 is 0 Å². The van der Waals surface area contributed by atoms with E-state index in [9.17, 15) is 4.79 Å². The molecule has 1 nitrogen and oxygen atoms in total. The fourth-order valence-electron chi connectivity index (χ4n) is 1.12. The molecule has 2 heteroatoms. The van der Waals surface area contributed by atoms with Crippen LogP contribution in [0.15, 0.2) is 30.3 Å². The normalized spacial score (nSPS) is 12.5. The average Bonchev–Trinajstić information content (AvgIpc) is 2.19. The van der Waals surface area contributed by atoms with Crippen molar-refractivity contribution >= 4 is 28.4 Å². The third-order valence-corrected chi connectivity index (χ3v) is 3.12. The molecule has 13 heavy (non-hydrogen) atoms. The fourth-order valence-corrected chi connectivity index (χ4v) is 2.03. The average molecular weight is 288 g/mol. The number of Topliss-reactive ketones (excluding diaryl/α,β-unsaturated/α-hetero) is 1. The summed E-state index contributed by atoms with van der Waals surface area (Å²) < 4.78 is 0.325. The molecule has 0 aliphatic carbocycles. The monoisotopic (exact) mass is 288 g/mol. The zero-order chi connectivity index (χ0) is 9.68. The standard InChI is InChI=1S/C11H13IO/c1-2-10(13)8-11(12)9-6-4-3-5-7-9/h3-7,11H,2,8H2,1H3. The topological polar surface area (TPSA) is 17.1 Å². The highest BCUT2D eigenvalue weighted by Crippen LogP contribution is 2.27. The van der Waals surface area contributed by atoms with Crippen molar-refractivity contribution in [3.05, 3.63) is 35.9 Å². The van der Waals surface area contributed by atoms with E-state index in [4.69, 9.17) is 0 Å². The van der Waals surface area contributed by atoms with Crippen LogP contribution in [0.25, 0.3) is 0 Å². The molecule has 0 saturated heterocycles. The molecule has 70 valence electrons. The van der Waals surface area contributed by atoms with Gasteiger partial charge in [0.25, 0.3) is 0 Å². The number of halogens is 1. The lowest BCUT2D eigenvalue weighted by Gasteiger charge is -2.07. The number of carbonyl (C=O) groups is 1. The number of benzene rings is 1. The van der Waals surface area contributed by atoms with Crippen molar-refractivity contribution in [3.8, 4) is 0 Å². The molecule has 0 aromatic heterocycles. The van der Waals surface area contributed by atoms with E-state index < -0.39 is 0 Å². The minimum atomic E-state index is 0.325. The van der Waals surface area contributed by atoms with Gasteiger partial charge in [-0.3, -0.25) is 4.79 Å². The maximum absolute atomic E-state index is 11.2. The summed E-state index contributed by atoms with van der Waals surface area (Å²) in [6.07, 6.45) is 1.30. The molecule has 0 heterocycles. The van der Waals surface area contributed by atoms with Crippen LogP contribution in [0.4, 0.5) is 0 Å². The van der Waals surface area contributed by atoms with Crippen LogP contribution in [0.3, 0.4) is 0 Å². The van der Waals surface area contributed by atoms with Gasteiger partial charge in [-0.1, -0.05) is 59.8 Å². The van der Waals surface area contributed by atoms with Gasteiger partial charge in [-0.25, -0.2) is 0 Å². The van der Waals surface area contributed by atoms with Gasteiger partial charge in [-0.15, -0.1) is 0 Å². The summed E-state index contributed by atoms with van der Waals surface area (Å²) in [7, 11) is 0. The Bertz CT molecular complexity index is 269. The Morgan fingerprint density at radius 2 is 2.00 bits per heavy atom. The van der Waals surface area contributed by atoms with Crippen molar-refractivity contribution in [2.75, 3.05) is 0 Å².